The number of benzene rings is 1. The average Bonchev–Trinajstić information content (AvgIpc) is 3.00. The number of carbonyl (C=O) groups excluding carboxylic acids is 2. The van der Waals surface area contributed by atoms with Gasteiger partial charge in [-0.1, -0.05) is 6.07 Å². The van der Waals surface area contributed by atoms with E-state index in [4.69, 9.17) is 5.73 Å². The summed E-state index contributed by atoms with van der Waals surface area (Å²) in [7, 11) is 0. The Hall–Kier alpha value is -1.84. The van der Waals surface area contributed by atoms with E-state index in [1.54, 1.807) is 0 Å². The quantitative estimate of drug-likeness (QED) is 0.894. The summed E-state index contributed by atoms with van der Waals surface area (Å²) in [5.74, 6) is 0.338. The van der Waals surface area contributed by atoms with E-state index < -0.39 is 0 Å². The van der Waals surface area contributed by atoms with Crippen molar-refractivity contribution in [3.63, 3.8) is 0 Å². The lowest BCUT2D eigenvalue weighted by Crippen LogP contribution is -2.33. The van der Waals surface area contributed by atoms with Gasteiger partial charge >= 0.3 is 0 Å². The third kappa shape index (κ3) is 3.32. The molecule has 1 saturated carbocycles. The summed E-state index contributed by atoms with van der Waals surface area (Å²) in [4.78, 5) is 23.4. The summed E-state index contributed by atoms with van der Waals surface area (Å²) in [6, 6.07) is 6.07. The summed E-state index contributed by atoms with van der Waals surface area (Å²) < 4.78 is 0. The molecule has 0 aromatic heterocycles. The number of amides is 2. The fraction of sp³-hybridized carbons (Fsp3) is 0.556. The predicted octanol–water partition coefficient (Wildman–Crippen LogP) is 2.20. The number of aryl methyl sites for hydroxylation is 2. The fourth-order valence-electron chi connectivity index (χ4n) is 3.70. The topological polar surface area (TPSA) is 72.2 Å². The molecule has 3 rings (SSSR count). The second kappa shape index (κ2) is 6.51. The smallest absolute Gasteiger partial charge is 0.251 e. The molecule has 0 aliphatic heterocycles. The van der Waals surface area contributed by atoms with E-state index in [-0.39, 0.29) is 17.7 Å². The Kier molecular flexibility index (Phi) is 4.46. The van der Waals surface area contributed by atoms with Gasteiger partial charge in [-0.25, -0.2) is 0 Å². The Morgan fingerprint density at radius 1 is 1.09 bits per heavy atom. The fourth-order valence-corrected chi connectivity index (χ4v) is 3.70. The Labute approximate surface area is 131 Å². The van der Waals surface area contributed by atoms with Gasteiger partial charge in [-0.05, 0) is 74.1 Å². The number of rotatable bonds is 4. The van der Waals surface area contributed by atoms with Crippen LogP contribution in [0.25, 0.3) is 0 Å². The number of nitrogens with two attached hydrogens (primary N) is 1. The van der Waals surface area contributed by atoms with E-state index in [1.165, 1.54) is 17.5 Å². The summed E-state index contributed by atoms with van der Waals surface area (Å²) in [5, 5.41) is 3.05. The first-order valence-corrected chi connectivity index (χ1v) is 8.33. The second-order valence-electron chi connectivity index (χ2n) is 6.67. The molecule has 3 N–H and O–H groups in total. The lowest BCUT2D eigenvalue weighted by Gasteiger charge is -2.26. The van der Waals surface area contributed by atoms with Crippen molar-refractivity contribution in [2.24, 2.45) is 17.6 Å². The third-order valence-corrected chi connectivity index (χ3v) is 5.16. The van der Waals surface area contributed by atoms with Crippen LogP contribution in [0, 0.1) is 11.8 Å². The summed E-state index contributed by atoms with van der Waals surface area (Å²) in [6.07, 6.45) is 7.08. The average molecular weight is 300 g/mol. The van der Waals surface area contributed by atoms with E-state index >= 15 is 0 Å². The first kappa shape index (κ1) is 15.1. The molecule has 0 unspecified atom stereocenters. The molecule has 0 atom stereocenters. The summed E-state index contributed by atoms with van der Waals surface area (Å²) in [5.41, 5.74) is 8.84. The first-order valence-electron chi connectivity index (χ1n) is 8.33. The number of primary amides is 1. The van der Waals surface area contributed by atoms with Crippen LogP contribution in [0.3, 0.4) is 0 Å². The lowest BCUT2D eigenvalue weighted by molar-refractivity contribution is -0.122. The van der Waals surface area contributed by atoms with Crippen LogP contribution in [0.15, 0.2) is 18.2 Å². The minimum absolute atomic E-state index is 0.0201. The van der Waals surface area contributed by atoms with Crippen LogP contribution in [0.4, 0.5) is 0 Å². The standard InChI is InChI=1S/C18H24N2O2/c19-17(21)14-6-4-12(5-7-14)11-20-18(22)16-9-8-13-2-1-3-15(13)10-16/h8-10,12,14H,1-7,11H2,(H2,19,21)(H,20,22). The number of hydrogen-bond donors (Lipinski definition) is 2. The van der Waals surface area contributed by atoms with Crippen molar-refractivity contribution < 1.29 is 9.59 Å². The first-order chi connectivity index (χ1) is 10.6. The van der Waals surface area contributed by atoms with E-state index in [9.17, 15) is 9.59 Å². The van der Waals surface area contributed by atoms with Gasteiger partial charge in [0.2, 0.25) is 5.91 Å². The monoisotopic (exact) mass is 300 g/mol. The van der Waals surface area contributed by atoms with Crippen molar-refractivity contribution in [3.05, 3.63) is 34.9 Å². The molecule has 4 nitrogen and oxygen atoms in total. The zero-order chi connectivity index (χ0) is 15.5. The van der Waals surface area contributed by atoms with Crippen LogP contribution in [-0.4, -0.2) is 18.4 Å². The van der Waals surface area contributed by atoms with Crippen LogP contribution in [-0.2, 0) is 17.6 Å². The molecule has 1 fully saturated rings. The molecular formula is C18H24N2O2. The highest BCUT2D eigenvalue weighted by atomic mass is 16.2. The normalized spacial score (nSPS) is 23.8. The van der Waals surface area contributed by atoms with Gasteiger partial charge in [0.15, 0.2) is 0 Å². The van der Waals surface area contributed by atoms with Crippen LogP contribution < -0.4 is 11.1 Å². The van der Waals surface area contributed by atoms with Crippen LogP contribution in [0.1, 0.15) is 53.6 Å². The van der Waals surface area contributed by atoms with Gasteiger partial charge in [-0.3, -0.25) is 9.59 Å². The Balaban J connectivity index is 1.50. The lowest BCUT2D eigenvalue weighted by atomic mass is 9.81. The van der Waals surface area contributed by atoms with Gasteiger partial charge in [0.1, 0.15) is 0 Å². The zero-order valence-corrected chi connectivity index (χ0v) is 12.9. The molecule has 118 valence electrons. The van der Waals surface area contributed by atoms with Crippen molar-refractivity contribution in [2.45, 2.75) is 44.9 Å². The highest BCUT2D eigenvalue weighted by Gasteiger charge is 2.25. The van der Waals surface area contributed by atoms with E-state index in [0.717, 1.165) is 44.1 Å². The highest BCUT2D eigenvalue weighted by molar-refractivity contribution is 5.94. The summed E-state index contributed by atoms with van der Waals surface area (Å²) >= 11 is 0. The molecule has 2 aliphatic rings. The molecule has 0 radical (unpaired) electrons. The Morgan fingerprint density at radius 3 is 2.55 bits per heavy atom. The van der Waals surface area contributed by atoms with Crippen molar-refractivity contribution in [1.82, 2.24) is 5.32 Å². The second-order valence-corrected chi connectivity index (χ2v) is 6.67. The van der Waals surface area contributed by atoms with E-state index in [0.29, 0.717) is 12.5 Å². The molecule has 0 bridgehead atoms. The molecule has 0 saturated heterocycles. The molecule has 1 aromatic carbocycles. The van der Waals surface area contributed by atoms with E-state index in [2.05, 4.69) is 11.4 Å². The van der Waals surface area contributed by atoms with Gasteiger partial charge < -0.3 is 11.1 Å². The maximum atomic E-state index is 12.3. The zero-order valence-electron chi connectivity index (χ0n) is 12.9. The minimum Gasteiger partial charge on any atom is -0.369 e. The van der Waals surface area contributed by atoms with E-state index in [1.807, 2.05) is 12.1 Å². The summed E-state index contributed by atoms with van der Waals surface area (Å²) in [6.45, 7) is 0.696. The third-order valence-electron chi connectivity index (χ3n) is 5.16. The Bertz CT molecular complexity index is 574. The predicted molar refractivity (Wildman–Crippen MR) is 85.4 cm³/mol. The SMILES string of the molecule is NC(=O)C1CCC(CNC(=O)c2ccc3c(c2)CCC3)CC1. The number of fused-ring (bicyclic) bond motifs is 1. The van der Waals surface area contributed by atoms with Crippen LogP contribution in [0.2, 0.25) is 0 Å². The van der Waals surface area contributed by atoms with Gasteiger partial charge in [0.05, 0.1) is 0 Å². The van der Waals surface area contributed by atoms with Crippen LogP contribution >= 0.6 is 0 Å². The molecule has 2 amide bonds. The maximum Gasteiger partial charge on any atom is 0.251 e. The number of nitrogens with one attached hydrogen (secondary N) is 1. The molecule has 2 aliphatic carbocycles. The number of hydrogen-bond acceptors (Lipinski definition) is 2. The molecule has 1 aromatic rings. The van der Waals surface area contributed by atoms with Gasteiger partial charge in [-0.15, -0.1) is 0 Å². The van der Waals surface area contributed by atoms with Crippen molar-refractivity contribution >= 4 is 11.8 Å². The molecule has 4 heteroatoms. The molecule has 0 heterocycles. The molecule has 0 spiro atoms. The minimum atomic E-state index is -0.180. The van der Waals surface area contributed by atoms with Crippen molar-refractivity contribution in [2.75, 3.05) is 6.54 Å². The van der Waals surface area contributed by atoms with Gasteiger partial charge in [0, 0.05) is 18.0 Å². The van der Waals surface area contributed by atoms with Crippen LogP contribution in [0.5, 0.6) is 0 Å². The van der Waals surface area contributed by atoms with Gasteiger partial charge in [-0.2, -0.15) is 0 Å². The molecule has 22 heavy (non-hydrogen) atoms. The van der Waals surface area contributed by atoms with Crippen molar-refractivity contribution in [3.8, 4) is 0 Å². The van der Waals surface area contributed by atoms with Gasteiger partial charge in [0.25, 0.3) is 5.91 Å². The highest BCUT2D eigenvalue weighted by Crippen LogP contribution is 2.28. The van der Waals surface area contributed by atoms with Crippen molar-refractivity contribution in [1.29, 1.82) is 0 Å². The largest absolute Gasteiger partial charge is 0.369 e. The Morgan fingerprint density at radius 2 is 1.82 bits per heavy atom. The number of carbonyl (C=O) groups is 2. The maximum absolute atomic E-state index is 12.3. The molecular weight excluding hydrogens is 276 g/mol.